The predicted octanol–water partition coefficient (Wildman–Crippen LogP) is 2.66. The molecule has 1 aromatic rings. The Hall–Kier alpha value is -0.670. The highest BCUT2D eigenvalue weighted by Crippen LogP contribution is 2.19. The van der Waals surface area contributed by atoms with Gasteiger partial charge in [-0.1, -0.05) is 28.7 Å². The van der Waals surface area contributed by atoms with Crippen LogP contribution in [0, 0.1) is 11.3 Å². The summed E-state index contributed by atoms with van der Waals surface area (Å²) >= 11 is 3.44. The standard InChI is InChI=1S/C9H6INOS/c10-5-8(12)4-7(6-11)9-2-1-3-13-9/h1-4H,5H2/b7-4+. The van der Waals surface area contributed by atoms with Crippen molar-refractivity contribution in [2.45, 2.75) is 0 Å². The molecule has 0 aliphatic carbocycles. The van der Waals surface area contributed by atoms with Crippen molar-refractivity contribution in [1.82, 2.24) is 0 Å². The number of alkyl halides is 1. The number of carbonyl (C=O) groups excluding carboxylic acids is 1. The molecule has 0 fully saturated rings. The summed E-state index contributed by atoms with van der Waals surface area (Å²) in [5.74, 6) is -0.0226. The fourth-order valence-corrected chi connectivity index (χ4v) is 1.70. The molecule has 0 aliphatic rings. The predicted molar refractivity (Wildman–Crippen MR) is 61.8 cm³/mol. The Bertz CT molecular complexity index is 361. The van der Waals surface area contributed by atoms with Gasteiger partial charge in [-0.05, 0) is 11.4 Å². The number of nitriles is 1. The van der Waals surface area contributed by atoms with Gasteiger partial charge in [-0.3, -0.25) is 4.79 Å². The van der Waals surface area contributed by atoms with Crippen molar-refractivity contribution in [2.75, 3.05) is 4.43 Å². The molecule has 0 N–H and O–H groups in total. The highest BCUT2D eigenvalue weighted by molar-refractivity contribution is 14.1. The van der Waals surface area contributed by atoms with Gasteiger partial charge in [-0.25, -0.2) is 0 Å². The van der Waals surface area contributed by atoms with Crippen LogP contribution in [0.25, 0.3) is 5.57 Å². The van der Waals surface area contributed by atoms with Gasteiger partial charge >= 0.3 is 0 Å². The largest absolute Gasteiger partial charge is 0.294 e. The number of rotatable bonds is 3. The zero-order chi connectivity index (χ0) is 9.68. The van der Waals surface area contributed by atoms with Gasteiger partial charge in [-0.2, -0.15) is 5.26 Å². The first kappa shape index (κ1) is 10.4. The molecule has 1 rings (SSSR count). The second-order valence-electron chi connectivity index (χ2n) is 2.25. The van der Waals surface area contributed by atoms with Gasteiger partial charge in [0, 0.05) is 11.0 Å². The summed E-state index contributed by atoms with van der Waals surface area (Å²) in [5.41, 5.74) is 0.455. The quantitative estimate of drug-likeness (QED) is 0.373. The van der Waals surface area contributed by atoms with E-state index in [4.69, 9.17) is 5.26 Å². The lowest BCUT2D eigenvalue weighted by molar-refractivity contribution is -0.112. The topological polar surface area (TPSA) is 40.9 Å². The number of nitrogens with zero attached hydrogens (tertiary/aromatic N) is 1. The van der Waals surface area contributed by atoms with E-state index >= 15 is 0 Å². The fraction of sp³-hybridized carbons (Fsp3) is 0.111. The number of carbonyl (C=O) groups is 1. The number of allylic oxidation sites excluding steroid dienone is 2. The Morgan fingerprint density at radius 3 is 3.00 bits per heavy atom. The number of hydrogen-bond acceptors (Lipinski definition) is 3. The summed E-state index contributed by atoms with van der Waals surface area (Å²) in [6.45, 7) is 0. The van der Waals surface area contributed by atoms with Crippen molar-refractivity contribution in [3.63, 3.8) is 0 Å². The Labute approximate surface area is 94.0 Å². The van der Waals surface area contributed by atoms with E-state index in [1.807, 2.05) is 46.2 Å². The van der Waals surface area contributed by atoms with E-state index in [1.54, 1.807) is 0 Å². The van der Waals surface area contributed by atoms with E-state index in [9.17, 15) is 4.79 Å². The number of halogens is 1. The van der Waals surface area contributed by atoms with Crippen LogP contribution in [0.4, 0.5) is 0 Å². The van der Waals surface area contributed by atoms with Crippen molar-refractivity contribution >= 4 is 45.3 Å². The molecule has 0 radical (unpaired) electrons. The third kappa shape index (κ3) is 2.94. The molecule has 0 atom stereocenters. The molecular formula is C9H6INOS. The van der Waals surface area contributed by atoms with E-state index in [0.717, 1.165) is 4.88 Å². The van der Waals surface area contributed by atoms with E-state index in [0.29, 0.717) is 10.0 Å². The SMILES string of the molecule is N#C/C(=C\C(=O)CI)c1cccs1. The van der Waals surface area contributed by atoms with Gasteiger partial charge in [0.05, 0.1) is 10.0 Å². The third-order valence-corrected chi connectivity index (χ3v) is 3.00. The first-order valence-corrected chi connectivity index (χ1v) is 5.93. The summed E-state index contributed by atoms with van der Waals surface area (Å²) in [7, 11) is 0. The smallest absolute Gasteiger partial charge is 0.166 e. The first-order chi connectivity index (χ1) is 6.27. The maximum absolute atomic E-state index is 11.0. The molecular weight excluding hydrogens is 297 g/mol. The molecule has 0 saturated heterocycles. The summed E-state index contributed by atoms with van der Waals surface area (Å²) in [4.78, 5) is 11.9. The molecule has 2 nitrogen and oxygen atoms in total. The van der Waals surface area contributed by atoms with Crippen molar-refractivity contribution < 1.29 is 4.79 Å². The molecule has 0 bridgehead atoms. The van der Waals surface area contributed by atoms with Crippen LogP contribution in [0.15, 0.2) is 23.6 Å². The summed E-state index contributed by atoms with van der Waals surface area (Å²) in [6.07, 6.45) is 1.40. The third-order valence-electron chi connectivity index (χ3n) is 1.34. The highest BCUT2D eigenvalue weighted by Gasteiger charge is 2.03. The summed E-state index contributed by atoms with van der Waals surface area (Å²) in [5, 5.41) is 10.7. The lowest BCUT2D eigenvalue weighted by Gasteiger charge is -1.91. The molecule has 0 spiro atoms. The normalized spacial score (nSPS) is 10.9. The fourth-order valence-electron chi connectivity index (χ4n) is 0.790. The van der Waals surface area contributed by atoms with Crippen LogP contribution < -0.4 is 0 Å². The van der Waals surface area contributed by atoms with E-state index < -0.39 is 0 Å². The highest BCUT2D eigenvalue weighted by atomic mass is 127. The number of thiophene rings is 1. The molecule has 0 amide bonds. The zero-order valence-corrected chi connectivity index (χ0v) is 9.63. The lowest BCUT2D eigenvalue weighted by atomic mass is 10.2. The van der Waals surface area contributed by atoms with Gasteiger partial charge in [0.25, 0.3) is 0 Å². The van der Waals surface area contributed by atoms with E-state index in [1.165, 1.54) is 17.4 Å². The average molecular weight is 303 g/mol. The second-order valence-corrected chi connectivity index (χ2v) is 3.96. The van der Waals surface area contributed by atoms with Gasteiger partial charge in [0.15, 0.2) is 5.78 Å². The van der Waals surface area contributed by atoms with Crippen molar-refractivity contribution in [3.8, 4) is 6.07 Å². The summed E-state index contributed by atoms with van der Waals surface area (Å²) < 4.78 is 0.411. The monoisotopic (exact) mass is 303 g/mol. The van der Waals surface area contributed by atoms with Crippen LogP contribution in [-0.4, -0.2) is 10.2 Å². The molecule has 4 heteroatoms. The summed E-state index contributed by atoms with van der Waals surface area (Å²) in [6, 6.07) is 5.71. The molecule has 1 heterocycles. The molecule has 66 valence electrons. The van der Waals surface area contributed by atoms with Crippen LogP contribution in [0.1, 0.15) is 4.88 Å². The molecule has 0 aliphatic heterocycles. The first-order valence-electron chi connectivity index (χ1n) is 3.52. The number of hydrogen-bond donors (Lipinski definition) is 0. The molecule has 0 saturated carbocycles. The molecule has 0 unspecified atom stereocenters. The second kappa shape index (κ2) is 5.14. The van der Waals surface area contributed by atoms with Crippen molar-refractivity contribution in [1.29, 1.82) is 5.26 Å². The van der Waals surface area contributed by atoms with Crippen molar-refractivity contribution in [2.24, 2.45) is 0 Å². The average Bonchev–Trinajstić information content (AvgIpc) is 2.66. The maximum atomic E-state index is 11.0. The Balaban J connectivity index is 2.94. The molecule has 13 heavy (non-hydrogen) atoms. The lowest BCUT2D eigenvalue weighted by Crippen LogP contribution is -1.93. The van der Waals surface area contributed by atoms with Gasteiger partial charge in [0.2, 0.25) is 0 Å². The van der Waals surface area contributed by atoms with Gasteiger partial charge in [-0.15, -0.1) is 11.3 Å². The van der Waals surface area contributed by atoms with Gasteiger partial charge < -0.3 is 0 Å². The van der Waals surface area contributed by atoms with Crippen LogP contribution >= 0.6 is 33.9 Å². The number of ketones is 1. The Kier molecular flexibility index (Phi) is 4.12. The molecule has 0 aromatic carbocycles. The van der Waals surface area contributed by atoms with Crippen LogP contribution in [0.3, 0.4) is 0 Å². The maximum Gasteiger partial charge on any atom is 0.166 e. The van der Waals surface area contributed by atoms with Crippen LogP contribution in [0.5, 0.6) is 0 Å². The van der Waals surface area contributed by atoms with E-state index in [2.05, 4.69) is 0 Å². The minimum atomic E-state index is -0.0226. The minimum absolute atomic E-state index is 0.0226. The van der Waals surface area contributed by atoms with E-state index in [-0.39, 0.29) is 5.78 Å². The van der Waals surface area contributed by atoms with Crippen LogP contribution in [0.2, 0.25) is 0 Å². The molecule has 1 aromatic heterocycles. The zero-order valence-electron chi connectivity index (χ0n) is 6.66. The Morgan fingerprint density at radius 1 is 1.77 bits per heavy atom. The van der Waals surface area contributed by atoms with Crippen LogP contribution in [-0.2, 0) is 4.79 Å². The minimum Gasteiger partial charge on any atom is -0.294 e. The van der Waals surface area contributed by atoms with Crippen molar-refractivity contribution in [3.05, 3.63) is 28.5 Å². The van der Waals surface area contributed by atoms with Gasteiger partial charge in [0.1, 0.15) is 6.07 Å². The Morgan fingerprint density at radius 2 is 2.54 bits per heavy atom.